The lowest BCUT2D eigenvalue weighted by Crippen LogP contribution is -2.00. The molecule has 0 unspecified atom stereocenters. The van der Waals surface area contributed by atoms with E-state index in [1.807, 2.05) is 18.2 Å². The van der Waals surface area contributed by atoms with Gasteiger partial charge in [0.1, 0.15) is 11.3 Å². The molecular weight excluding hydrogens is 230 g/mol. The summed E-state index contributed by atoms with van der Waals surface area (Å²) in [4.78, 5) is 11.0. The van der Waals surface area contributed by atoms with Gasteiger partial charge < -0.3 is 15.6 Å². The first-order chi connectivity index (χ1) is 8.61. The van der Waals surface area contributed by atoms with Crippen LogP contribution in [0.2, 0.25) is 0 Å². The summed E-state index contributed by atoms with van der Waals surface area (Å²) >= 11 is 0. The standard InChI is InChI=1S/C14H13NO3/c1-18-13-8-10(5-6-12(13)14(16)17)9-3-2-4-11(15)7-9/h2-8H,15H2,1H3,(H,16,17). The molecule has 0 bridgehead atoms. The molecule has 0 amide bonds. The lowest BCUT2D eigenvalue weighted by molar-refractivity contribution is 0.0693. The highest BCUT2D eigenvalue weighted by atomic mass is 16.5. The third-order valence-electron chi connectivity index (χ3n) is 2.65. The van der Waals surface area contributed by atoms with Crippen molar-refractivity contribution in [1.29, 1.82) is 0 Å². The molecule has 0 saturated heterocycles. The van der Waals surface area contributed by atoms with Gasteiger partial charge in [0.2, 0.25) is 0 Å². The van der Waals surface area contributed by atoms with E-state index in [1.54, 1.807) is 18.2 Å². The number of nitrogens with two attached hydrogens (primary N) is 1. The van der Waals surface area contributed by atoms with Gasteiger partial charge >= 0.3 is 5.97 Å². The Hall–Kier alpha value is -2.49. The lowest BCUT2D eigenvalue weighted by atomic mass is 10.0. The highest BCUT2D eigenvalue weighted by molar-refractivity contribution is 5.92. The van der Waals surface area contributed by atoms with Crippen LogP contribution in [0.25, 0.3) is 11.1 Å². The Morgan fingerprint density at radius 3 is 2.50 bits per heavy atom. The molecule has 0 fully saturated rings. The summed E-state index contributed by atoms with van der Waals surface area (Å²) in [6.07, 6.45) is 0. The van der Waals surface area contributed by atoms with Crippen LogP contribution in [0.5, 0.6) is 5.75 Å². The molecule has 3 N–H and O–H groups in total. The molecule has 4 heteroatoms. The monoisotopic (exact) mass is 243 g/mol. The van der Waals surface area contributed by atoms with E-state index in [4.69, 9.17) is 15.6 Å². The van der Waals surface area contributed by atoms with Crippen LogP contribution in [-0.4, -0.2) is 18.2 Å². The largest absolute Gasteiger partial charge is 0.496 e. The second-order valence-corrected chi connectivity index (χ2v) is 3.85. The predicted octanol–water partition coefficient (Wildman–Crippen LogP) is 2.64. The first kappa shape index (κ1) is 12.0. The maximum absolute atomic E-state index is 11.0. The number of hydrogen-bond donors (Lipinski definition) is 2. The fourth-order valence-corrected chi connectivity index (χ4v) is 1.77. The highest BCUT2D eigenvalue weighted by Gasteiger charge is 2.11. The molecule has 0 aliphatic rings. The number of carbonyl (C=O) groups is 1. The van der Waals surface area contributed by atoms with Gasteiger partial charge in [-0.15, -0.1) is 0 Å². The van der Waals surface area contributed by atoms with E-state index in [0.29, 0.717) is 11.4 Å². The van der Waals surface area contributed by atoms with E-state index in [9.17, 15) is 4.79 Å². The molecule has 4 nitrogen and oxygen atoms in total. The molecule has 0 saturated carbocycles. The van der Waals surface area contributed by atoms with Crippen molar-refractivity contribution in [2.24, 2.45) is 0 Å². The Labute approximate surface area is 105 Å². The topological polar surface area (TPSA) is 72.5 Å². The summed E-state index contributed by atoms with van der Waals surface area (Å²) < 4.78 is 5.09. The number of ether oxygens (including phenoxy) is 1. The normalized spacial score (nSPS) is 10.1. The molecule has 2 rings (SSSR count). The molecule has 0 atom stereocenters. The molecule has 0 spiro atoms. The van der Waals surface area contributed by atoms with Gasteiger partial charge in [0.05, 0.1) is 7.11 Å². The molecule has 92 valence electrons. The first-order valence-electron chi connectivity index (χ1n) is 5.39. The lowest BCUT2D eigenvalue weighted by Gasteiger charge is -2.08. The Morgan fingerprint density at radius 1 is 1.17 bits per heavy atom. The van der Waals surface area contributed by atoms with Crippen LogP contribution < -0.4 is 10.5 Å². The van der Waals surface area contributed by atoms with Crippen LogP contribution in [0.1, 0.15) is 10.4 Å². The zero-order valence-electron chi connectivity index (χ0n) is 9.88. The Morgan fingerprint density at radius 2 is 1.89 bits per heavy atom. The second-order valence-electron chi connectivity index (χ2n) is 3.85. The molecule has 18 heavy (non-hydrogen) atoms. The van der Waals surface area contributed by atoms with E-state index < -0.39 is 5.97 Å². The average molecular weight is 243 g/mol. The fourth-order valence-electron chi connectivity index (χ4n) is 1.77. The van der Waals surface area contributed by atoms with Gasteiger partial charge in [-0.1, -0.05) is 18.2 Å². The van der Waals surface area contributed by atoms with Crippen molar-refractivity contribution in [3.05, 3.63) is 48.0 Å². The zero-order valence-corrected chi connectivity index (χ0v) is 9.88. The van der Waals surface area contributed by atoms with Gasteiger partial charge in [-0.3, -0.25) is 0 Å². The Bertz CT molecular complexity index is 593. The van der Waals surface area contributed by atoms with Crippen molar-refractivity contribution >= 4 is 11.7 Å². The highest BCUT2D eigenvalue weighted by Crippen LogP contribution is 2.28. The average Bonchev–Trinajstić information content (AvgIpc) is 2.37. The summed E-state index contributed by atoms with van der Waals surface area (Å²) in [5.41, 5.74) is 8.31. The Balaban J connectivity index is 2.51. The van der Waals surface area contributed by atoms with E-state index in [2.05, 4.69) is 0 Å². The predicted molar refractivity (Wildman–Crippen MR) is 69.8 cm³/mol. The number of carboxylic acid groups (broad SMARTS) is 1. The SMILES string of the molecule is COc1cc(-c2cccc(N)c2)ccc1C(=O)O. The summed E-state index contributed by atoms with van der Waals surface area (Å²) in [7, 11) is 1.45. The van der Waals surface area contributed by atoms with E-state index in [-0.39, 0.29) is 5.56 Å². The molecule has 0 heterocycles. The van der Waals surface area contributed by atoms with Crippen molar-refractivity contribution in [3.8, 4) is 16.9 Å². The number of anilines is 1. The second kappa shape index (κ2) is 4.79. The number of benzene rings is 2. The van der Waals surface area contributed by atoms with Gasteiger partial charge in [0.15, 0.2) is 0 Å². The number of methoxy groups -OCH3 is 1. The number of rotatable bonds is 3. The van der Waals surface area contributed by atoms with Crippen molar-refractivity contribution in [1.82, 2.24) is 0 Å². The van der Waals surface area contributed by atoms with Crippen molar-refractivity contribution in [2.75, 3.05) is 12.8 Å². The van der Waals surface area contributed by atoms with Gasteiger partial charge in [-0.05, 0) is 35.4 Å². The van der Waals surface area contributed by atoms with Crippen molar-refractivity contribution in [2.45, 2.75) is 0 Å². The van der Waals surface area contributed by atoms with Crippen LogP contribution in [0.4, 0.5) is 5.69 Å². The number of nitrogen functional groups attached to an aromatic ring is 1. The molecule has 0 radical (unpaired) electrons. The number of hydrogen-bond acceptors (Lipinski definition) is 3. The maximum atomic E-state index is 11.0. The smallest absolute Gasteiger partial charge is 0.339 e. The van der Waals surface area contributed by atoms with Crippen LogP contribution >= 0.6 is 0 Å². The minimum atomic E-state index is -1.01. The minimum absolute atomic E-state index is 0.144. The van der Waals surface area contributed by atoms with Crippen molar-refractivity contribution < 1.29 is 14.6 Å². The quantitative estimate of drug-likeness (QED) is 0.813. The summed E-state index contributed by atoms with van der Waals surface area (Å²) in [6.45, 7) is 0. The van der Waals surface area contributed by atoms with Gasteiger partial charge in [-0.2, -0.15) is 0 Å². The third-order valence-corrected chi connectivity index (χ3v) is 2.65. The molecule has 0 aliphatic carbocycles. The maximum Gasteiger partial charge on any atom is 0.339 e. The van der Waals surface area contributed by atoms with Crippen LogP contribution in [-0.2, 0) is 0 Å². The Kier molecular flexibility index (Phi) is 3.19. The minimum Gasteiger partial charge on any atom is -0.496 e. The van der Waals surface area contributed by atoms with Gasteiger partial charge in [0.25, 0.3) is 0 Å². The fraction of sp³-hybridized carbons (Fsp3) is 0.0714. The summed E-state index contributed by atoms with van der Waals surface area (Å²) in [6, 6.07) is 12.3. The van der Waals surface area contributed by atoms with Gasteiger partial charge in [0, 0.05) is 5.69 Å². The molecular formula is C14H13NO3. The van der Waals surface area contributed by atoms with Crippen LogP contribution in [0.3, 0.4) is 0 Å². The van der Waals surface area contributed by atoms with E-state index in [1.165, 1.54) is 13.2 Å². The van der Waals surface area contributed by atoms with Crippen LogP contribution in [0.15, 0.2) is 42.5 Å². The third kappa shape index (κ3) is 2.27. The zero-order chi connectivity index (χ0) is 13.1. The van der Waals surface area contributed by atoms with Crippen LogP contribution in [0, 0.1) is 0 Å². The van der Waals surface area contributed by atoms with E-state index in [0.717, 1.165) is 11.1 Å². The number of aromatic carboxylic acids is 1. The summed E-state index contributed by atoms with van der Waals surface area (Å²) in [5.74, 6) is -0.673. The molecule has 2 aromatic carbocycles. The van der Waals surface area contributed by atoms with Gasteiger partial charge in [-0.25, -0.2) is 4.79 Å². The molecule has 2 aromatic rings. The van der Waals surface area contributed by atoms with Crippen molar-refractivity contribution in [3.63, 3.8) is 0 Å². The van der Waals surface area contributed by atoms with E-state index >= 15 is 0 Å². The molecule has 0 aromatic heterocycles. The summed E-state index contributed by atoms with van der Waals surface area (Å²) in [5, 5.41) is 9.00. The molecule has 0 aliphatic heterocycles. The number of carboxylic acids is 1. The first-order valence-corrected chi connectivity index (χ1v) is 5.39.